The summed E-state index contributed by atoms with van der Waals surface area (Å²) in [5.41, 5.74) is 0.155. The number of amides is 1. The monoisotopic (exact) mass is 368 g/mol. The fourth-order valence-corrected chi connectivity index (χ4v) is 4.75. The Morgan fingerprint density at radius 2 is 1.76 bits per heavy atom. The fraction of sp³-hybridized carbons (Fsp3) is 0.611. The highest BCUT2D eigenvalue weighted by molar-refractivity contribution is 7.89. The highest BCUT2D eigenvalue weighted by Crippen LogP contribution is 2.30. The number of aromatic hydroxyl groups is 1. The summed E-state index contributed by atoms with van der Waals surface area (Å²) in [7, 11) is -3.64. The quantitative estimate of drug-likeness (QED) is 0.596. The number of nitrogens with one attached hydrogen (secondary N) is 1. The molecular weight excluding hydrogens is 340 g/mol. The molecule has 1 aliphatic carbocycles. The van der Waals surface area contributed by atoms with Crippen molar-refractivity contribution in [2.24, 2.45) is 5.92 Å². The van der Waals surface area contributed by atoms with Crippen LogP contribution in [0, 0.1) is 5.92 Å². The first-order valence-corrected chi connectivity index (χ1v) is 10.5. The van der Waals surface area contributed by atoms with Crippen LogP contribution in [0.1, 0.15) is 52.4 Å². The molecule has 2 N–H and O–H groups in total. The van der Waals surface area contributed by atoms with Crippen molar-refractivity contribution < 1.29 is 18.3 Å². The average Bonchev–Trinajstić information content (AvgIpc) is 2.87. The van der Waals surface area contributed by atoms with Crippen LogP contribution in [0.4, 0.5) is 5.69 Å². The fourth-order valence-electron chi connectivity index (χ4n) is 3.26. The van der Waals surface area contributed by atoms with Gasteiger partial charge in [0.25, 0.3) is 0 Å². The zero-order chi connectivity index (χ0) is 18.4. The molecule has 0 spiro atoms. The molecule has 25 heavy (non-hydrogen) atoms. The summed E-state index contributed by atoms with van der Waals surface area (Å²) in [6.45, 7) is 4.28. The molecule has 0 aromatic heterocycles. The Bertz CT molecular complexity index is 691. The predicted molar refractivity (Wildman–Crippen MR) is 98.0 cm³/mol. The molecule has 6 nitrogen and oxygen atoms in total. The molecule has 0 saturated heterocycles. The first-order chi connectivity index (χ1) is 11.9. The Morgan fingerprint density at radius 3 is 2.32 bits per heavy atom. The number of carbonyl (C=O) groups excluding carboxylic acids is 1. The van der Waals surface area contributed by atoms with Crippen molar-refractivity contribution in [2.75, 3.05) is 18.4 Å². The molecule has 1 aromatic rings. The van der Waals surface area contributed by atoms with E-state index in [1.807, 2.05) is 0 Å². The van der Waals surface area contributed by atoms with Gasteiger partial charge in [-0.3, -0.25) is 4.79 Å². The number of phenolic OH excluding ortho intramolecular Hbond substituents is 1. The molecule has 0 atom stereocenters. The molecule has 0 unspecified atom stereocenters. The second-order valence-electron chi connectivity index (χ2n) is 6.45. The Kier molecular flexibility index (Phi) is 6.84. The molecule has 1 saturated carbocycles. The Morgan fingerprint density at radius 1 is 1.16 bits per heavy atom. The zero-order valence-electron chi connectivity index (χ0n) is 15.0. The van der Waals surface area contributed by atoms with E-state index in [0.717, 1.165) is 38.5 Å². The third-order valence-electron chi connectivity index (χ3n) is 4.80. The molecule has 1 aromatic carbocycles. The number of sulfonamides is 1. The summed E-state index contributed by atoms with van der Waals surface area (Å²) in [5, 5.41) is 12.8. The minimum absolute atomic E-state index is 0.0742. The lowest BCUT2D eigenvalue weighted by Gasteiger charge is -2.20. The highest BCUT2D eigenvalue weighted by atomic mass is 32.2. The molecule has 0 bridgehead atoms. The molecule has 7 heteroatoms. The van der Waals surface area contributed by atoms with Crippen LogP contribution in [-0.4, -0.2) is 36.8 Å². The third-order valence-corrected chi connectivity index (χ3v) is 6.84. The van der Waals surface area contributed by atoms with Crippen LogP contribution in [0.15, 0.2) is 23.1 Å². The van der Waals surface area contributed by atoms with Crippen molar-refractivity contribution in [1.29, 1.82) is 0 Å². The summed E-state index contributed by atoms with van der Waals surface area (Å²) >= 11 is 0. The van der Waals surface area contributed by atoms with Crippen LogP contribution in [0.3, 0.4) is 0 Å². The molecule has 0 aliphatic heterocycles. The normalized spacial score (nSPS) is 16.6. The second-order valence-corrected chi connectivity index (χ2v) is 8.38. The van der Waals surface area contributed by atoms with Gasteiger partial charge in [-0.2, -0.15) is 4.31 Å². The minimum atomic E-state index is -3.64. The smallest absolute Gasteiger partial charge is 0.243 e. The largest absolute Gasteiger partial charge is 0.506 e. The van der Waals surface area contributed by atoms with Crippen LogP contribution in [0.5, 0.6) is 5.75 Å². The van der Waals surface area contributed by atoms with Crippen LogP contribution in [0.25, 0.3) is 0 Å². The number of rotatable bonds is 6. The molecule has 140 valence electrons. The summed E-state index contributed by atoms with van der Waals surface area (Å²) < 4.78 is 26.6. The maximum Gasteiger partial charge on any atom is 0.243 e. The van der Waals surface area contributed by atoms with E-state index in [4.69, 9.17) is 0 Å². The number of anilines is 1. The standard InChI is InChI=1S/C18H28N2O4S/c1-3-20(4-2)25(23,24)15-11-12-17(21)16(13-15)19-18(22)14-9-7-5-6-8-10-14/h11-14,21H,3-10H2,1-2H3,(H,19,22). The second kappa shape index (κ2) is 8.67. The lowest BCUT2D eigenvalue weighted by molar-refractivity contribution is -0.120. The Labute approximate surface area is 150 Å². The topological polar surface area (TPSA) is 86.7 Å². The van der Waals surface area contributed by atoms with Gasteiger partial charge in [-0.1, -0.05) is 39.5 Å². The van der Waals surface area contributed by atoms with E-state index < -0.39 is 10.0 Å². The van der Waals surface area contributed by atoms with E-state index in [-0.39, 0.29) is 28.2 Å². The van der Waals surface area contributed by atoms with Crippen LogP contribution >= 0.6 is 0 Å². The van der Waals surface area contributed by atoms with Crippen molar-refractivity contribution in [2.45, 2.75) is 57.3 Å². The maximum absolute atomic E-state index is 12.6. The van der Waals surface area contributed by atoms with Crippen molar-refractivity contribution in [3.63, 3.8) is 0 Å². The van der Waals surface area contributed by atoms with E-state index in [9.17, 15) is 18.3 Å². The van der Waals surface area contributed by atoms with Gasteiger partial charge in [0.15, 0.2) is 0 Å². The van der Waals surface area contributed by atoms with Gasteiger partial charge in [-0.25, -0.2) is 8.42 Å². The lowest BCUT2D eigenvalue weighted by atomic mass is 9.99. The van der Waals surface area contributed by atoms with Gasteiger partial charge in [0.05, 0.1) is 10.6 Å². The maximum atomic E-state index is 12.6. The van der Waals surface area contributed by atoms with Gasteiger partial charge in [0, 0.05) is 19.0 Å². The molecule has 2 rings (SSSR count). The van der Waals surface area contributed by atoms with Gasteiger partial charge in [-0.05, 0) is 31.0 Å². The molecule has 1 fully saturated rings. The number of carbonyl (C=O) groups is 1. The van der Waals surface area contributed by atoms with E-state index >= 15 is 0 Å². The SMILES string of the molecule is CCN(CC)S(=O)(=O)c1ccc(O)c(NC(=O)C2CCCCCC2)c1. The minimum Gasteiger partial charge on any atom is -0.506 e. The van der Waals surface area contributed by atoms with E-state index in [1.54, 1.807) is 13.8 Å². The lowest BCUT2D eigenvalue weighted by Crippen LogP contribution is -2.30. The van der Waals surface area contributed by atoms with Gasteiger partial charge < -0.3 is 10.4 Å². The number of phenols is 1. The Balaban J connectivity index is 2.22. The number of benzene rings is 1. The molecular formula is C18H28N2O4S. The molecule has 0 radical (unpaired) electrons. The van der Waals surface area contributed by atoms with E-state index in [2.05, 4.69) is 5.32 Å². The average molecular weight is 368 g/mol. The number of hydrogen-bond acceptors (Lipinski definition) is 4. The molecule has 1 amide bonds. The summed E-state index contributed by atoms with van der Waals surface area (Å²) in [5.74, 6) is -0.347. The first-order valence-electron chi connectivity index (χ1n) is 9.04. The van der Waals surface area contributed by atoms with Crippen LogP contribution < -0.4 is 5.32 Å². The van der Waals surface area contributed by atoms with Crippen molar-refractivity contribution in [3.05, 3.63) is 18.2 Å². The van der Waals surface area contributed by atoms with Crippen LogP contribution in [0.2, 0.25) is 0 Å². The third kappa shape index (κ3) is 4.73. The van der Waals surface area contributed by atoms with Gasteiger partial charge in [-0.15, -0.1) is 0 Å². The first kappa shape index (κ1) is 19.7. The van der Waals surface area contributed by atoms with Gasteiger partial charge in [0.2, 0.25) is 15.9 Å². The highest BCUT2D eigenvalue weighted by Gasteiger charge is 2.24. The number of nitrogens with zero attached hydrogens (tertiary/aromatic N) is 1. The van der Waals surface area contributed by atoms with Crippen molar-refractivity contribution in [3.8, 4) is 5.75 Å². The van der Waals surface area contributed by atoms with E-state index in [0.29, 0.717) is 13.1 Å². The van der Waals surface area contributed by atoms with Crippen molar-refractivity contribution in [1.82, 2.24) is 4.31 Å². The van der Waals surface area contributed by atoms with E-state index in [1.165, 1.54) is 22.5 Å². The number of hydrogen-bond donors (Lipinski definition) is 2. The van der Waals surface area contributed by atoms with Gasteiger partial charge in [0.1, 0.15) is 5.75 Å². The predicted octanol–water partition coefficient (Wildman–Crippen LogP) is 3.33. The summed E-state index contributed by atoms with van der Waals surface area (Å²) in [6, 6.07) is 4.03. The zero-order valence-corrected chi connectivity index (χ0v) is 15.8. The Hall–Kier alpha value is -1.60. The van der Waals surface area contributed by atoms with Crippen LogP contribution in [-0.2, 0) is 14.8 Å². The summed E-state index contributed by atoms with van der Waals surface area (Å²) in [6.07, 6.45) is 6.02. The summed E-state index contributed by atoms with van der Waals surface area (Å²) in [4.78, 5) is 12.6. The van der Waals surface area contributed by atoms with Gasteiger partial charge >= 0.3 is 0 Å². The molecule has 1 aliphatic rings. The molecule has 0 heterocycles. The van der Waals surface area contributed by atoms with Crippen molar-refractivity contribution >= 4 is 21.6 Å².